The Morgan fingerprint density at radius 2 is 1.89 bits per heavy atom. The van der Waals surface area contributed by atoms with Crippen LogP contribution in [0.4, 0.5) is 5.69 Å². The van der Waals surface area contributed by atoms with Crippen molar-refractivity contribution in [1.82, 2.24) is 0 Å². The molecule has 0 bridgehead atoms. The number of rotatable bonds is 3. The Morgan fingerprint density at radius 3 is 2.72 bits per heavy atom. The van der Waals surface area contributed by atoms with Crippen molar-refractivity contribution in [3.63, 3.8) is 0 Å². The van der Waals surface area contributed by atoms with Crippen molar-refractivity contribution >= 4 is 38.9 Å². The minimum atomic E-state index is 0.877. The molecule has 3 rings (SSSR count). The van der Waals surface area contributed by atoms with E-state index in [0.717, 1.165) is 11.4 Å². The van der Waals surface area contributed by atoms with Crippen LogP contribution in [0.1, 0.15) is 5.56 Å². The van der Waals surface area contributed by atoms with Crippen LogP contribution in [-0.2, 0) is 5.75 Å². The van der Waals surface area contributed by atoms with Gasteiger partial charge in [-0.05, 0) is 34.5 Å². The highest BCUT2D eigenvalue weighted by Gasteiger charge is 2.04. The molecule has 1 heterocycles. The summed E-state index contributed by atoms with van der Waals surface area (Å²) in [6, 6.07) is 16.9. The summed E-state index contributed by atoms with van der Waals surface area (Å²) in [5, 5.41) is 3.34. The maximum atomic E-state index is 6.09. The highest BCUT2D eigenvalue weighted by molar-refractivity contribution is 7.98. The number of fused-ring (bicyclic) bond motifs is 1. The summed E-state index contributed by atoms with van der Waals surface area (Å²) < 4.78 is 1.31. The van der Waals surface area contributed by atoms with Crippen LogP contribution < -0.4 is 5.73 Å². The molecule has 1 aromatic heterocycles. The van der Waals surface area contributed by atoms with Gasteiger partial charge in [0.2, 0.25) is 0 Å². The molecule has 2 aromatic carbocycles. The van der Waals surface area contributed by atoms with Crippen molar-refractivity contribution in [2.24, 2.45) is 0 Å². The zero-order chi connectivity index (χ0) is 12.4. The number of thioether (sulfide) groups is 1. The van der Waals surface area contributed by atoms with Gasteiger partial charge in [0.25, 0.3) is 0 Å². The maximum absolute atomic E-state index is 6.09. The number of hydrogen-bond acceptors (Lipinski definition) is 3. The number of thiophene rings is 1. The van der Waals surface area contributed by atoms with Crippen molar-refractivity contribution in [1.29, 1.82) is 0 Å². The average molecular weight is 271 g/mol. The lowest BCUT2D eigenvalue weighted by Crippen LogP contribution is -1.88. The molecule has 0 saturated heterocycles. The quantitative estimate of drug-likeness (QED) is 0.548. The van der Waals surface area contributed by atoms with Crippen molar-refractivity contribution in [2.75, 3.05) is 5.73 Å². The van der Waals surface area contributed by atoms with Gasteiger partial charge in [0.05, 0.1) is 0 Å². The summed E-state index contributed by atoms with van der Waals surface area (Å²) in [6.45, 7) is 0. The Labute approximate surface area is 115 Å². The van der Waals surface area contributed by atoms with Crippen LogP contribution in [0.25, 0.3) is 10.1 Å². The lowest BCUT2D eigenvalue weighted by atomic mass is 10.2. The summed E-state index contributed by atoms with van der Waals surface area (Å²) in [5.41, 5.74) is 8.30. The zero-order valence-corrected chi connectivity index (χ0v) is 11.4. The molecule has 0 radical (unpaired) electrons. The number of anilines is 1. The van der Waals surface area contributed by atoms with E-state index in [1.165, 1.54) is 20.5 Å². The van der Waals surface area contributed by atoms with Crippen LogP contribution in [-0.4, -0.2) is 0 Å². The Balaban J connectivity index is 1.84. The van der Waals surface area contributed by atoms with Gasteiger partial charge in [0, 0.05) is 21.0 Å². The van der Waals surface area contributed by atoms with E-state index in [1.54, 1.807) is 23.1 Å². The summed E-state index contributed by atoms with van der Waals surface area (Å²) in [7, 11) is 0. The molecule has 0 spiro atoms. The Bertz CT molecular complexity index is 659. The third-order valence-electron chi connectivity index (χ3n) is 2.82. The standard InChI is InChI=1S/C15H13NS2/c16-13-8-12-6-7-17-14(12)9-15(13)18-10-11-4-2-1-3-5-11/h1-9H,10,16H2. The topological polar surface area (TPSA) is 26.0 Å². The number of nitrogen functional groups attached to an aromatic ring is 1. The average Bonchev–Trinajstić information content (AvgIpc) is 2.84. The molecule has 90 valence electrons. The lowest BCUT2D eigenvalue weighted by molar-refractivity contribution is 1.39. The van der Waals surface area contributed by atoms with E-state index in [0.29, 0.717) is 0 Å². The van der Waals surface area contributed by atoms with Crippen LogP contribution in [0.15, 0.2) is 58.8 Å². The zero-order valence-electron chi connectivity index (χ0n) is 9.80. The van der Waals surface area contributed by atoms with E-state index >= 15 is 0 Å². The minimum Gasteiger partial charge on any atom is -0.398 e. The highest BCUT2D eigenvalue weighted by Crippen LogP contribution is 2.34. The molecule has 2 N–H and O–H groups in total. The number of nitrogens with two attached hydrogens (primary N) is 1. The fourth-order valence-corrected chi connectivity index (χ4v) is 3.69. The third-order valence-corrected chi connectivity index (χ3v) is 4.84. The van der Waals surface area contributed by atoms with Gasteiger partial charge in [-0.1, -0.05) is 30.3 Å². The first-order valence-corrected chi connectivity index (χ1v) is 7.63. The summed E-state index contributed by atoms with van der Waals surface area (Å²) in [5.74, 6) is 0.960. The minimum absolute atomic E-state index is 0.877. The SMILES string of the molecule is Nc1cc2ccsc2cc1SCc1ccccc1. The van der Waals surface area contributed by atoms with E-state index in [-0.39, 0.29) is 0 Å². The Kier molecular flexibility index (Phi) is 3.26. The van der Waals surface area contributed by atoms with E-state index in [4.69, 9.17) is 5.73 Å². The molecule has 18 heavy (non-hydrogen) atoms. The van der Waals surface area contributed by atoms with Gasteiger partial charge in [-0.15, -0.1) is 23.1 Å². The van der Waals surface area contributed by atoms with E-state index in [1.807, 2.05) is 6.07 Å². The molecule has 0 fully saturated rings. The number of benzene rings is 2. The predicted molar refractivity (Wildman–Crippen MR) is 82.2 cm³/mol. The summed E-state index contributed by atoms with van der Waals surface area (Å²) in [6.07, 6.45) is 0. The number of hydrogen-bond donors (Lipinski definition) is 1. The van der Waals surface area contributed by atoms with Gasteiger partial charge in [0.1, 0.15) is 0 Å². The van der Waals surface area contributed by atoms with E-state index < -0.39 is 0 Å². The molecule has 0 aliphatic heterocycles. The second-order valence-corrected chi connectivity index (χ2v) is 6.09. The molecule has 0 aliphatic carbocycles. The van der Waals surface area contributed by atoms with Gasteiger partial charge >= 0.3 is 0 Å². The smallest absolute Gasteiger partial charge is 0.0459 e. The third kappa shape index (κ3) is 2.37. The van der Waals surface area contributed by atoms with Crippen LogP contribution >= 0.6 is 23.1 Å². The van der Waals surface area contributed by atoms with Crippen LogP contribution in [0.3, 0.4) is 0 Å². The highest BCUT2D eigenvalue weighted by atomic mass is 32.2. The monoisotopic (exact) mass is 271 g/mol. The summed E-state index contributed by atoms with van der Waals surface area (Å²) >= 11 is 3.56. The molecule has 0 aliphatic rings. The molecule has 0 unspecified atom stereocenters. The Morgan fingerprint density at radius 1 is 1.06 bits per heavy atom. The van der Waals surface area contributed by atoms with E-state index in [9.17, 15) is 0 Å². The van der Waals surface area contributed by atoms with Crippen LogP contribution in [0.5, 0.6) is 0 Å². The van der Waals surface area contributed by atoms with Gasteiger partial charge in [0.15, 0.2) is 0 Å². The molecule has 3 heteroatoms. The predicted octanol–water partition coefficient (Wildman–Crippen LogP) is 4.78. The second-order valence-electron chi connectivity index (χ2n) is 4.12. The molecular weight excluding hydrogens is 258 g/mol. The van der Waals surface area contributed by atoms with Crippen LogP contribution in [0.2, 0.25) is 0 Å². The van der Waals surface area contributed by atoms with Gasteiger partial charge in [-0.2, -0.15) is 0 Å². The first-order valence-electron chi connectivity index (χ1n) is 5.76. The summed E-state index contributed by atoms with van der Waals surface area (Å²) in [4.78, 5) is 1.17. The lowest BCUT2D eigenvalue weighted by Gasteiger charge is -2.06. The fourth-order valence-electron chi connectivity index (χ4n) is 1.87. The van der Waals surface area contributed by atoms with Gasteiger partial charge < -0.3 is 5.73 Å². The molecule has 1 nitrogen and oxygen atoms in total. The second kappa shape index (κ2) is 5.04. The molecule has 0 saturated carbocycles. The van der Waals surface area contributed by atoms with Crippen molar-refractivity contribution in [3.05, 3.63) is 59.5 Å². The van der Waals surface area contributed by atoms with Gasteiger partial charge in [-0.25, -0.2) is 0 Å². The van der Waals surface area contributed by atoms with Crippen LogP contribution in [0, 0.1) is 0 Å². The normalized spacial score (nSPS) is 10.9. The largest absolute Gasteiger partial charge is 0.398 e. The van der Waals surface area contributed by atoms with Crippen molar-refractivity contribution in [3.8, 4) is 0 Å². The van der Waals surface area contributed by atoms with E-state index in [2.05, 4.69) is 47.8 Å². The fraction of sp³-hybridized carbons (Fsp3) is 0.0667. The molecule has 3 aromatic rings. The van der Waals surface area contributed by atoms with Gasteiger partial charge in [-0.3, -0.25) is 0 Å². The molecule has 0 atom stereocenters. The molecular formula is C15H13NS2. The first kappa shape index (κ1) is 11.6. The Hall–Kier alpha value is -1.45. The van der Waals surface area contributed by atoms with Crippen molar-refractivity contribution < 1.29 is 0 Å². The van der Waals surface area contributed by atoms with Crippen molar-refractivity contribution in [2.45, 2.75) is 10.6 Å². The maximum Gasteiger partial charge on any atom is 0.0459 e. The first-order chi connectivity index (χ1) is 8.83. The molecule has 0 amide bonds.